The number of hydrogen-bond acceptors (Lipinski definition) is 2. The summed E-state index contributed by atoms with van der Waals surface area (Å²) in [5.41, 5.74) is 1.40. The van der Waals surface area contributed by atoms with Crippen LogP contribution in [-0.4, -0.2) is 24.9 Å². The van der Waals surface area contributed by atoms with Crippen LogP contribution in [0.5, 0.6) is 0 Å². The second-order valence-electron chi connectivity index (χ2n) is 6.93. The van der Waals surface area contributed by atoms with Crippen molar-refractivity contribution in [2.45, 2.75) is 70.1 Å². The number of carbonyl (C=O) groups is 1. The summed E-state index contributed by atoms with van der Waals surface area (Å²) in [4.78, 5) is 14.0. The van der Waals surface area contributed by atoms with Crippen LogP contribution in [-0.2, 0) is 11.2 Å². The number of aryl methyl sites for hydroxylation is 1. The quantitative estimate of drug-likeness (QED) is 0.694. The van der Waals surface area contributed by atoms with Crippen molar-refractivity contribution in [3.8, 4) is 0 Å². The number of nitrogens with zero attached hydrogens (tertiary/aromatic N) is 1. The minimum atomic E-state index is -4.31. The summed E-state index contributed by atoms with van der Waals surface area (Å²) in [6, 6.07) is 5.05. The zero-order valence-electron chi connectivity index (χ0n) is 14.4. The van der Waals surface area contributed by atoms with Gasteiger partial charge in [-0.3, -0.25) is 4.90 Å². The number of alkyl halides is 3. The lowest BCUT2D eigenvalue weighted by atomic mass is 9.91. The monoisotopic (exact) mass is 355 g/mol. The van der Waals surface area contributed by atoms with E-state index in [0.717, 1.165) is 31.2 Å². The van der Waals surface area contributed by atoms with E-state index in [0.29, 0.717) is 18.5 Å². The highest BCUT2D eigenvalue weighted by Gasteiger charge is 2.44. The number of amides is 1. The molecule has 0 saturated heterocycles. The summed E-state index contributed by atoms with van der Waals surface area (Å²) in [5, 5.41) is 0. The van der Waals surface area contributed by atoms with Crippen LogP contribution >= 0.6 is 0 Å². The van der Waals surface area contributed by atoms with E-state index in [1.54, 1.807) is 18.2 Å². The second kappa shape index (κ2) is 7.26. The Balaban J connectivity index is 1.93. The fourth-order valence-electron chi connectivity index (χ4n) is 3.82. The van der Waals surface area contributed by atoms with E-state index in [4.69, 9.17) is 4.74 Å². The molecule has 1 heterocycles. The van der Waals surface area contributed by atoms with Crippen LogP contribution in [0.2, 0.25) is 0 Å². The highest BCUT2D eigenvalue weighted by molar-refractivity contribution is 5.89. The third-order valence-corrected chi connectivity index (χ3v) is 5.23. The molecule has 0 unspecified atom stereocenters. The molecule has 1 atom stereocenters. The van der Waals surface area contributed by atoms with Gasteiger partial charge in [-0.1, -0.05) is 19.1 Å². The van der Waals surface area contributed by atoms with Crippen LogP contribution in [0.4, 0.5) is 23.7 Å². The van der Waals surface area contributed by atoms with Crippen molar-refractivity contribution < 1.29 is 22.7 Å². The van der Waals surface area contributed by atoms with Gasteiger partial charge in [0.25, 0.3) is 0 Å². The van der Waals surface area contributed by atoms with E-state index in [1.807, 2.05) is 6.92 Å². The lowest BCUT2D eigenvalue weighted by molar-refractivity contribution is -0.151. The molecule has 0 N–H and O–H groups in total. The molecule has 0 aromatic heterocycles. The highest BCUT2D eigenvalue weighted by Crippen LogP contribution is 2.44. The topological polar surface area (TPSA) is 29.5 Å². The van der Waals surface area contributed by atoms with E-state index < -0.39 is 18.2 Å². The van der Waals surface area contributed by atoms with Crippen molar-refractivity contribution in [1.29, 1.82) is 0 Å². The van der Waals surface area contributed by atoms with E-state index in [-0.39, 0.29) is 24.6 Å². The maximum atomic E-state index is 13.6. The predicted octanol–water partition coefficient (Wildman–Crippen LogP) is 5.57. The molecule has 1 aliphatic carbocycles. The maximum Gasteiger partial charge on any atom is 0.414 e. The number of carbonyl (C=O) groups excluding carboxylic acids is 1. The Morgan fingerprint density at radius 2 is 1.92 bits per heavy atom. The molecule has 0 bridgehead atoms. The molecule has 2 aliphatic rings. The molecule has 1 saturated carbocycles. The predicted molar refractivity (Wildman–Crippen MR) is 89.9 cm³/mol. The first kappa shape index (κ1) is 18.1. The van der Waals surface area contributed by atoms with Gasteiger partial charge in [0.2, 0.25) is 0 Å². The van der Waals surface area contributed by atoms with Crippen LogP contribution in [0.1, 0.15) is 62.5 Å². The van der Waals surface area contributed by atoms with Gasteiger partial charge in [0.1, 0.15) is 6.10 Å². The number of fused-ring (bicyclic) bond motifs is 1. The van der Waals surface area contributed by atoms with Gasteiger partial charge in [0.05, 0.1) is 11.6 Å². The molecule has 1 aromatic rings. The first-order valence-electron chi connectivity index (χ1n) is 9.08. The lowest BCUT2D eigenvalue weighted by Gasteiger charge is -2.26. The molecule has 6 heteroatoms. The second-order valence-corrected chi connectivity index (χ2v) is 6.93. The Bertz CT molecular complexity index is 624. The molecule has 1 aromatic carbocycles. The minimum Gasteiger partial charge on any atom is -0.446 e. The summed E-state index contributed by atoms with van der Waals surface area (Å²) < 4.78 is 46.2. The van der Waals surface area contributed by atoms with Crippen molar-refractivity contribution in [3.05, 3.63) is 29.3 Å². The molecule has 1 amide bonds. The zero-order chi connectivity index (χ0) is 18.0. The average Bonchev–Trinajstić information content (AvgIpc) is 2.98. The Hall–Kier alpha value is -1.72. The van der Waals surface area contributed by atoms with Crippen molar-refractivity contribution >= 4 is 11.8 Å². The molecular weight excluding hydrogens is 331 g/mol. The SMILES string of the molecule is CCc1ccc2c(c1)[C@@H](C(F)(F)F)CCCN2C(=O)OC1CCCC1. The van der Waals surface area contributed by atoms with Crippen LogP contribution in [0.25, 0.3) is 0 Å². The molecule has 25 heavy (non-hydrogen) atoms. The summed E-state index contributed by atoms with van der Waals surface area (Å²) in [7, 11) is 0. The number of rotatable bonds is 2. The van der Waals surface area contributed by atoms with Gasteiger partial charge in [-0.2, -0.15) is 13.2 Å². The molecule has 0 spiro atoms. The first-order valence-corrected chi connectivity index (χ1v) is 9.08. The number of hydrogen-bond donors (Lipinski definition) is 0. The third-order valence-electron chi connectivity index (χ3n) is 5.23. The molecule has 1 aliphatic heterocycles. The molecular formula is C19H24F3NO2. The van der Waals surface area contributed by atoms with Crippen LogP contribution in [0.3, 0.4) is 0 Å². The molecule has 3 nitrogen and oxygen atoms in total. The van der Waals surface area contributed by atoms with Gasteiger partial charge in [-0.05, 0) is 62.1 Å². The van der Waals surface area contributed by atoms with Crippen molar-refractivity contribution in [2.24, 2.45) is 0 Å². The Labute approximate surface area is 146 Å². The van der Waals surface area contributed by atoms with Gasteiger partial charge in [0.15, 0.2) is 0 Å². The fourth-order valence-corrected chi connectivity index (χ4v) is 3.82. The largest absolute Gasteiger partial charge is 0.446 e. The third kappa shape index (κ3) is 3.93. The van der Waals surface area contributed by atoms with Gasteiger partial charge < -0.3 is 4.74 Å². The van der Waals surface area contributed by atoms with Crippen molar-refractivity contribution in [1.82, 2.24) is 0 Å². The van der Waals surface area contributed by atoms with Crippen molar-refractivity contribution in [2.75, 3.05) is 11.4 Å². The smallest absolute Gasteiger partial charge is 0.414 e. The van der Waals surface area contributed by atoms with Crippen LogP contribution in [0.15, 0.2) is 18.2 Å². The van der Waals surface area contributed by atoms with Gasteiger partial charge in [-0.25, -0.2) is 4.79 Å². The van der Waals surface area contributed by atoms with Crippen LogP contribution < -0.4 is 4.90 Å². The Morgan fingerprint density at radius 1 is 1.20 bits per heavy atom. The number of halogens is 3. The van der Waals surface area contributed by atoms with E-state index in [2.05, 4.69) is 0 Å². The van der Waals surface area contributed by atoms with Gasteiger partial charge in [-0.15, -0.1) is 0 Å². The summed E-state index contributed by atoms with van der Waals surface area (Å²) in [6.07, 6.45) is -0.227. The fraction of sp³-hybridized carbons (Fsp3) is 0.632. The molecule has 138 valence electrons. The standard InChI is InChI=1S/C19H24F3NO2/c1-2-13-9-10-17-15(12-13)16(19(20,21)22)8-5-11-23(17)18(24)25-14-6-3-4-7-14/h9-10,12,14,16H,2-8,11H2,1H3/t16-/m0/s1. The normalized spacial score (nSPS) is 21.8. The van der Waals surface area contributed by atoms with E-state index in [9.17, 15) is 18.0 Å². The summed E-state index contributed by atoms with van der Waals surface area (Å²) in [5.74, 6) is -1.53. The number of benzene rings is 1. The lowest BCUT2D eigenvalue weighted by Crippen LogP contribution is -2.34. The molecule has 0 radical (unpaired) electrons. The Kier molecular flexibility index (Phi) is 5.25. The van der Waals surface area contributed by atoms with Gasteiger partial charge >= 0.3 is 12.3 Å². The van der Waals surface area contributed by atoms with Crippen LogP contribution in [0, 0.1) is 0 Å². The number of ether oxygens (including phenoxy) is 1. The average molecular weight is 355 g/mol. The zero-order valence-corrected chi connectivity index (χ0v) is 14.4. The van der Waals surface area contributed by atoms with Gasteiger partial charge in [0, 0.05) is 6.54 Å². The minimum absolute atomic E-state index is 0.00310. The first-order chi connectivity index (χ1) is 11.9. The highest BCUT2D eigenvalue weighted by atomic mass is 19.4. The maximum absolute atomic E-state index is 13.6. The van der Waals surface area contributed by atoms with Crippen molar-refractivity contribution in [3.63, 3.8) is 0 Å². The summed E-state index contributed by atoms with van der Waals surface area (Å²) in [6.45, 7) is 2.17. The number of anilines is 1. The van der Waals surface area contributed by atoms with E-state index in [1.165, 1.54) is 4.90 Å². The molecule has 3 rings (SSSR count). The molecule has 1 fully saturated rings. The van der Waals surface area contributed by atoms with E-state index >= 15 is 0 Å². The summed E-state index contributed by atoms with van der Waals surface area (Å²) >= 11 is 0. The Morgan fingerprint density at radius 3 is 2.56 bits per heavy atom.